The third kappa shape index (κ3) is 3.18. The molecule has 0 amide bonds. The van der Waals surface area contributed by atoms with Crippen molar-refractivity contribution >= 4 is 40.7 Å². The number of aryl methyl sites for hydroxylation is 1. The van der Waals surface area contributed by atoms with Gasteiger partial charge in [0, 0.05) is 12.1 Å². The maximum atomic E-state index is 13.1. The van der Waals surface area contributed by atoms with Crippen molar-refractivity contribution in [2.45, 2.75) is 0 Å². The fraction of sp³-hybridized carbons (Fsp3) is 0.0476. The van der Waals surface area contributed by atoms with Crippen molar-refractivity contribution in [1.29, 1.82) is 0 Å². The molecular weight excluding hydrogens is 377 g/mol. The van der Waals surface area contributed by atoms with E-state index in [-0.39, 0.29) is 11.1 Å². The molecule has 4 rings (SSSR count). The minimum Gasteiger partial charge on any atom is -0.423 e. The van der Waals surface area contributed by atoms with Gasteiger partial charge in [-0.3, -0.25) is 4.57 Å². The molecule has 0 saturated carbocycles. The predicted molar refractivity (Wildman–Crippen MR) is 106 cm³/mol. The topological polar surface area (TPSA) is 87.7 Å². The summed E-state index contributed by atoms with van der Waals surface area (Å²) in [5, 5.41) is 1.40. The van der Waals surface area contributed by atoms with Crippen LogP contribution in [0.4, 0.5) is 0 Å². The number of hydrogen-bond donors (Lipinski definition) is 2. The number of fused-ring (bicyclic) bond motifs is 2. The van der Waals surface area contributed by atoms with Gasteiger partial charge in [-0.25, -0.2) is 4.79 Å². The molecule has 0 spiro atoms. The van der Waals surface area contributed by atoms with Gasteiger partial charge in [0.25, 0.3) is 0 Å². The van der Waals surface area contributed by atoms with Gasteiger partial charge in [0.15, 0.2) is 0 Å². The van der Waals surface area contributed by atoms with Crippen LogP contribution in [0.3, 0.4) is 0 Å². The summed E-state index contributed by atoms with van der Waals surface area (Å²) < 4.78 is 18.8. The van der Waals surface area contributed by atoms with Gasteiger partial charge in [-0.2, -0.15) is 4.57 Å². The Morgan fingerprint density at radius 3 is 1.86 bits per heavy atom. The summed E-state index contributed by atoms with van der Waals surface area (Å²) in [6.07, 6.45) is 0. The van der Waals surface area contributed by atoms with Gasteiger partial charge in [0.1, 0.15) is 12.8 Å². The van der Waals surface area contributed by atoms with E-state index in [1.54, 1.807) is 0 Å². The van der Waals surface area contributed by atoms with Gasteiger partial charge in [0.2, 0.25) is 11.0 Å². The molecule has 0 radical (unpaired) electrons. The second-order valence-corrected chi connectivity index (χ2v) is 8.00. The summed E-state index contributed by atoms with van der Waals surface area (Å²) >= 11 is 0. The molecule has 4 aromatic rings. The highest BCUT2D eigenvalue weighted by molar-refractivity contribution is 7.60. The average Bonchev–Trinajstić information content (AvgIpc) is 2.68. The maximum absolute atomic E-state index is 13.1. The molecule has 0 fully saturated rings. The van der Waals surface area contributed by atoms with Crippen LogP contribution >= 0.6 is 7.60 Å². The Morgan fingerprint density at radius 2 is 1.36 bits per heavy atom. The number of carbonyl (C=O) groups is 1. The molecule has 1 heterocycles. The second kappa shape index (κ2) is 6.84. The van der Waals surface area contributed by atoms with Gasteiger partial charge < -0.3 is 14.5 Å². The molecule has 0 atom stereocenters. The van der Waals surface area contributed by atoms with Gasteiger partial charge >= 0.3 is 13.6 Å². The van der Waals surface area contributed by atoms with E-state index in [9.17, 15) is 19.1 Å². The first-order valence-corrected chi connectivity index (χ1v) is 10.2. The first-order valence-electron chi connectivity index (χ1n) is 8.54. The van der Waals surface area contributed by atoms with Crippen LogP contribution in [-0.2, 0) is 11.6 Å². The van der Waals surface area contributed by atoms with Crippen LogP contribution in [0.5, 0.6) is 5.75 Å². The van der Waals surface area contributed by atoms with Crippen LogP contribution in [0.15, 0.2) is 72.8 Å². The molecule has 2 N–H and O–H groups in total. The summed E-state index contributed by atoms with van der Waals surface area (Å²) in [5.41, 5.74) is 2.23. The number of rotatable bonds is 3. The number of aromatic nitrogens is 1. The minimum atomic E-state index is -4.34. The molecular formula is C21H17NO5P+. The van der Waals surface area contributed by atoms with E-state index in [0.717, 1.165) is 21.8 Å². The highest BCUT2D eigenvalue weighted by Crippen LogP contribution is 2.33. The lowest BCUT2D eigenvalue weighted by Gasteiger charge is -2.10. The highest BCUT2D eigenvalue weighted by Gasteiger charge is 2.24. The normalized spacial score (nSPS) is 11.7. The first-order chi connectivity index (χ1) is 13.4. The molecule has 0 aliphatic rings. The van der Waals surface area contributed by atoms with Crippen LogP contribution in [0.2, 0.25) is 0 Å². The number of pyridine rings is 1. The zero-order valence-electron chi connectivity index (χ0n) is 14.9. The first kappa shape index (κ1) is 18.3. The van der Waals surface area contributed by atoms with Gasteiger partial charge in [0.05, 0.1) is 21.6 Å². The van der Waals surface area contributed by atoms with Crippen LogP contribution in [0.25, 0.3) is 21.8 Å². The molecule has 0 aliphatic carbocycles. The quantitative estimate of drug-likeness (QED) is 0.183. The minimum absolute atomic E-state index is 0.130. The van der Waals surface area contributed by atoms with Crippen molar-refractivity contribution in [2.75, 3.05) is 0 Å². The average molecular weight is 394 g/mol. The molecule has 0 unspecified atom stereocenters. The van der Waals surface area contributed by atoms with E-state index in [1.165, 1.54) is 24.3 Å². The molecule has 28 heavy (non-hydrogen) atoms. The number of para-hydroxylation sites is 2. The number of carbonyl (C=O) groups excluding carboxylic acids is 1. The van der Waals surface area contributed by atoms with Crippen molar-refractivity contribution in [3.63, 3.8) is 0 Å². The number of hydrogen-bond acceptors (Lipinski definition) is 3. The molecule has 3 aromatic carbocycles. The zero-order valence-corrected chi connectivity index (χ0v) is 15.8. The van der Waals surface area contributed by atoms with E-state index >= 15 is 0 Å². The van der Waals surface area contributed by atoms with E-state index in [1.807, 2.05) is 60.1 Å². The Balaban J connectivity index is 1.83. The van der Waals surface area contributed by atoms with Gasteiger partial charge in [-0.15, -0.1) is 0 Å². The van der Waals surface area contributed by atoms with E-state index in [2.05, 4.69) is 0 Å². The van der Waals surface area contributed by atoms with Crippen LogP contribution in [0, 0.1) is 0 Å². The third-order valence-corrected chi connectivity index (χ3v) is 5.63. The van der Waals surface area contributed by atoms with Crippen molar-refractivity contribution in [2.24, 2.45) is 7.05 Å². The summed E-state index contributed by atoms with van der Waals surface area (Å²) in [6.45, 7) is 0. The van der Waals surface area contributed by atoms with Crippen LogP contribution in [-0.4, -0.2) is 15.8 Å². The molecule has 6 nitrogen and oxygen atoms in total. The van der Waals surface area contributed by atoms with E-state index in [4.69, 9.17) is 4.74 Å². The summed E-state index contributed by atoms with van der Waals surface area (Å²) in [5.74, 6) is -0.319. The van der Waals surface area contributed by atoms with Crippen molar-refractivity contribution in [3.05, 3.63) is 78.4 Å². The van der Waals surface area contributed by atoms with Crippen molar-refractivity contribution in [1.82, 2.24) is 0 Å². The number of ether oxygens (including phenoxy) is 1. The van der Waals surface area contributed by atoms with Crippen molar-refractivity contribution in [3.8, 4) is 5.75 Å². The van der Waals surface area contributed by atoms with Crippen molar-refractivity contribution < 1.29 is 28.5 Å². The standard InChI is InChI=1S/C21H16NO5P/c1-22-18-8-4-2-6-16(18)20(17-7-3-5-9-19(17)22)21(23)27-14-10-12-15(13-11-14)28(24,25)26/h2-13H,1H3,(H-,24,25,26)/p+1. The Labute approximate surface area is 160 Å². The Morgan fingerprint density at radius 1 is 0.857 bits per heavy atom. The van der Waals surface area contributed by atoms with Gasteiger partial charge in [-0.1, -0.05) is 24.3 Å². The largest absolute Gasteiger partial charge is 0.423 e. The molecule has 0 saturated heterocycles. The summed E-state index contributed by atoms with van der Waals surface area (Å²) in [6, 6.07) is 20.4. The number of benzene rings is 3. The predicted octanol–water partition coefficient (Wildman–Crippen LogP) is 2.84. The van der Waals surface area contributed by atoms with Gasteiger partial charge in [-0.05, 0) is 36.4 Å². The molecule has 0 bridgehead atoms. The van der Waals surface area contributed by atoms with Crippen LogP contribution < -0.4 is 14.6 Å². The molecule has 7 heteroatoms. The number of esters is 1. The Hall–Kier alpha value is -3.05. The highest BCUT2D eigenvalue weighted by atomic mass is 31.2. The SMILES string of the molecule is C[n+]1c2ccccc2c(C(=O)Oc2ccc(P(=O)(O)O)cc2)c2ccccc21. The monoisotopic (exact) mass is 394 g/mol. The summed E-state index contributed by atoms with van der Waals surface area (Å²) in [7, 11) is -2.40. The fourth-order valence-electron chi connectivity index (χ4n) is 3.32. The number of nitrogens with zero attached hydrogens (tertiary/aromatic N) is 1. The lowest BCUT2D eigenvalue weighted by molar-refractivity contribution is -0.617. The van der Waals surface area contributed by atoms with E-state index < -0.39 is 13.6 Å². The smallest absolute Gasteiger partial charge is 0.356 e. The van der Waals surface area contributed by atoms with E-state index in [0.29, 0.717) is 5.56 Å². The Bertz CT molecular complexity index is 1200. The zero-order chi connectivity index (χ0) is 19.9. The third-order valence-electron chi connectivity index (χ3n) is 4.66. The molecule has 140 valence electrons. The maximum Gasteiger partial charge on any atom is 0.356 e. The summed E-state index contributed by atoms with van der Waals surface area (Å²) in [4.78, 5) is 31.5. The Kier molecular flexibility index (Phi) is 4.47. The molecule has 1 aromatic heterocycles. The lowest BCUT2D eigenvalue weighted by Crippen LogP contribution is -2.31. The second-order valence-electron chi connectivity index (χ2n) is 6.40. The lowest BCUT2D eigenvalue weighted by atomic mass is 10.0. The molecule has 0 aliphatic heterocycles. The van der Waals surface area contributed by atoms with Crippen LogP contribution in [0.1, 0.15) is 10.4 Å². The fourth-order valence-corrected chi connectivity index (χ4v) is 3.85.